The zero-order chi connectivity index (χ0) is 15.7. The molecule has 1 aromatic rings. The lowest BCUT2D eigenvalue weighted by Gasteiger charge is -2.18. The molecule has 0 fully saturated rings. The van der Waals surface area contributed by atoms with Gasteiger partial charge in [-0.05, 0) is 42.6 Å². The highest BCUT2D eigenvalue weighted by Crippen LogP contribution is 2.24. The fourth-order valence-electron chi connectivity index (χ4n) is 2.71. The number of hydrogen-bond donors (Lipinski definition) is 0. The van der Waals surface area contributed by atoms with Crippen LogP contribution in [0.1, 0.15) is 65.4 Å². The Hall–Kier alpha value is -1.04. The van der Waals surface area contributed by atoms with E-state index >= 15 is 0 Å². The molecule has 1 rings (SSSR count). The first kappa shape index (κ1) is 18.0. The van der Waals surface area contributed by atoms with E-state index in [4.69, 9.17) is 0 Å². The lowest BCUT2D eigenvalue weighted by molar-refractivity contribution is 0.402. The van der Waals surface area contributed by atoms with Crippen LogP contribution in [0.5, 0.6) is 0 Å². The Morgan fingerprint density at radius 1 is 0.952 bits per heavy atom. The third-order valence-electron chi connectivity index (χ3n) is 4.89. The van der Waals surface area contributed by atoms with E-state index in [-0.39, 0.29) is 0 Å². The summed E-state index contributed by atoms with van der Waals surface area (Å²) in [6.45, 7) is 13.7. The fraction of sp³-hybridized carbons (Fsp3) is 0.619. The summed E-state index contributed by atoms with van der Waals surface area (Å²) in [6.07, 6.45) is 7.68. The Balaban J connectivity index is 2.26. The largest absolute Gasteiger partial charge is 0.0996 e. The second kappa shape index (κ2) is 9.82. The maximum absolute atomic E-state index is 4.33. The molecule has 0 saturated heterocycles. The molecule has 118 valence electrons. The van der Waals surface area contributed by atoms with Gasteiger partial charge in [-0.2, -0.15) is 0 Å². The summed E-state index contributed by atoms with van der Waals surface area (Å²) in [5, 5.41) is 0. The van der Waals surface area contributed by atoms with E-state index in [1.807, 2.05) is 0 Å². The lowest BCUT2D eigenvalue weighted by atomic mass is 9.87. The van der Waals surface area contributed by atoms with E-state index in [0.717, 1.165) is 18.3 Å². The van der Waals surface area contributed by atoms with Gasteiger partial charge in [-0.3, -0.25) is 0 Å². The molecule has 0 radical (unpaired) electrons. The van der Waals surface area contributed by atoms with Gasteiger partial charge in [-0.15, -0.1) is 0 Å². The molecule has 21 heavy (non-hydrogen) atoms. The van der Waals surface area contributed by atoms with Gasteiger partial charge in [-0.1, -0.05) is 89.4 Å². The minimum atomic E-state index is 0.592. The normalized spacial score (nSPS) is 15.4. The molecule has 1 aromatic carbocycles. The van der Waals surface area contributed by atoms with Crippen LogP contribution in [-0.2, 0) is 6.42 Å². The van der Waals surface area contributed by atoms with Crippen molar-refractivity contribution in [3.63, 3.8) is 0 Å². The number of hydrogen-bond acceptors (Lipinski definition) is 0. The van der Waals surface area contributed by atoms with Crippen LogP contribution >= 0.6 is 0 Å². The smallest absolute Gasteiger partial charge is 0.0194 e. The first-order valence-corrected chi connectivity index (χ1v) is 8.74. The zero-order valence-corrected chi connectivity index (χ0v) is 14.6. The van der Waals surface area contributed by atoms with Gasteiger partial charge in [0.05, 0.1) is 0 Å². The van der Waals surface area contributed by atoms with Crippen LogP contribution in [0.3, 0.4) is 0 Å². The van der Waals surface area contributed by atoms with E-state index in [1.54, 1.807) is 0 Å². The highest BCUT2D eigenvalue weighted by atomic mass is 14.2. The summed E-state index contributed by atoms with van der Waals surface area (Å²) in [6, 6.07) is 10.8. The van der Waals surface area contributed by atoms with Crippen LogP contribution in [-0.4, -0.2) is 0 Å². The van der Waals surface area contributed by atoms with Gasteiger partial charge in [0.2, 0.25) is 0 Å². The van der Waals surface area contributed by atoms with Crippen molar-refractivity contribution in [3.8, 4) is 0 Å². The summed E-state index contributed by atoms with van der Waals surface area (Å²) in [4.78, 5) is 0. The summed E-state index contributed by atoms with van der Waals surface area (Å²) in [5.74, 6) is 2.31. The van der Waals surface area contributed by atoms with Gasteiger partial charge in [0.1, 0.15) is 0 Å². The van der Waals surface area contributed by atoms with E-state index in [9.17, 15) is 0 Å². The number of benzene rings is 1. The van der Waals surface area contributed by atoms with Crippen molar-refractivity contribution in [1.82, 2.24) is 0 Å². The lowest BCUT2D eigenvalue weighted by Crippen LogP contribution is -2.05. The van der Waals surface area contributed by atoms with Crippen molar-refractivity contribution in [3.05, 3.63) is 48.0 Å². The van der Waals surface area contributed by atoms with Crippen LogP contribution in [0, 0.1) is 17.8 Å². The van der Waals surface area contributed by atoms with E-state index in [1.165, 1.54) is 43.2 Å². The monoisotopic (exact) mass is 286 g/mol. The molecule has 3 unspecified atom stereocenters. The Kier molecular flexibility index (Phi) is 8.42. The van der Waals surface area contributed by atoms with Crippen molar-refractivity contribution < 1.29 is 0 Å². The second-order valence-corrected chi connectivity index (χ2v) is 6.98. The van der Waals surface area contributed by atoms with Gasteiger partial charge in [-0.25, -0.2) is 0 Å². The topological polar surface area (TPSA) is 0 Å². The molecule has 0 heteroatoms. The van der Waals surface area contributed by atoms with Gasteiger partial charge in [0.15, 0.2) is 0 Å². The van der Waals surface area contributed by atoms with Crippen LogP contribution < -0.4 is 0 Å². The highest BCUT2D eigenvalue weighted by molar-refractivity contribution is 5.17. The molecule has 0 nitrogen and oxygen atoms in total. The van der Waals surface area contributed by atoms with E-state index in [0.29, 0.717) is 5.92 Å². The van der Waals surface area contributed by atoms with E-state index in [2.05, 4.69) is 64.6 Å². The first-order chi connectivity index (χ1) is 10.0. The molecule has 0 heterocycles. The molecule has 0 aliphatic rings. The predicted octanol–water partition coefficient (Wildman–Crippen LogP) is 6.66. The van der Waals surface area contributed by atoms with Gasteiger partial charge in [0.25, 0.3) is 0 Å². The van der Waals surface area contributed by atoms with Crippen molar-refractivity contribution in [2.45, 2.75) is 66.2 Å². The molecule has 0 aliphatic heterocycles. The molecular formula is C21H34. The predicted molar refractivity (Wildman–Crippen MR) is 95.5 cm³/mol. The Bertz CT molecular complexity index is 390. The summed E-state index contributed by atoms with van der Waals surface area (Å²) in [5.41, 5.74) is 2.85. The summed E-state index contributed by atoms with van der Waals surface area (Å²) < 4.78 is 0. The standard InChI is InChI=1S/C21H34/c1-6-17(2)12-13-18(3)14-15-19(4)20(5)16-21-10-8-7-9-11-21/h7-11,17-18,20H,4,6,12-16H2,1-3,5H3. The maximum Gasteiger partial charge on any atom is -0.0194 e. The molecule has 3 atom stereocenters. The third kappa shape index (κ3) is 7.50. The molecule has 0 aliphatic carbocycles. The minimum Gasteiger partial charge on any atom is -0.0996 e. The summed E-state index contributed by atoms with van der Waals surface area (Å²) in [7, 11) is 0. The Labute approximate surface area is 132 Å². The highest BCUT2D eigenvalue weighted by Gasteiger charge is 2.11. The molecule has 0 amide bonds. The fourth-order valence-corrected chi connectivity index (χ4v) is 2.71. The molecule has 0 saturated carbocycles. The SMILES string of the molecule is C=C(CCC(C)CCC(C)CC)C(C)Cc1ccccc1. The molecule has 0 aromatic heterocycles. The van der Waals surface area contributed by atoms with Crippen molar-refractivity contribution in [2.24, 2.45) is 17.8 Å². The zero-order valence-electron chi connectivity index (χ0n) is 14.6. The Morgan fingerprint density at radius 3 is 2.19 bits per heavy atom. The average Bonchev–Trinajstić information content (AvgIpc) is 2.50. The number of rotatable bonds is 10. The summed E-state index contributed by atoms with van der Waals surface area (Å²) >= 11 is 0. The van der Waals surface area contributed by atoms with Gasteiger partial charge >= 0.3 is 0 Å². The van der Waals surface area contributed by atoms with Gasteiger partial charge in [0, 0.05) is 0 Å². The minimum absolute atomic E-state index is 0.592. The third-order valence-corrected chi connectivity index (χ3v) is 4.89. The van der Waals surface area contributed by atoms with E-state index < -0.39 is 0 Å². The Morgan fingerprint density at radius 2 is 1.57 bits per heavy atom. The van der Waals surface area contributed by atoms with Crippen molar-refractivity contribution >= 4 is 0 Å². The van der Waals surface area contributed by atoms with Crippen LogP contribution in [0.15, 0.2) is 42.5 Å². The van der Waals surface area contributed by atoms with Crippen molar-refractivity contribution in [2.75, 3.05) is 0 Å². The molecular weight excluding hydrogens is 252 g/mol. The van der Waals surface area contributed by atoms with Crippen LogP contribution in [0.2, 0.25) is 0 Å². The van der Waals surface area contributed by atoms with Gasteiger partial charge < -0.3 is 0 Å². The number of allylic oxidation sites excluding steroid dienone is 1. The molecule has 0 bridgehead atoms. The molecule has 0 spiro atoms. The quantitative estimate of drug-likeness (QED) is 0.422. The average molecular weight is 287 g/mol. The second-order valence-electron chi connectivity index (χ2n) is 6.98. The maximum atomic E-state index is 4.33. The molecule has 0 N–H and O–H groups in total. The van der Waals surface area contributed by atoms with Crippen LogP contribution in [0.4, 0.5) is 0 Å². The van der Waals surface area contributed by atoms with Crippen LogP contribution in [0.25, 0.3) is 0 Å². The first-order valence-electron chi connectivity index (χ1n) is 8.74. The van der Waals surface area contributed by atoms with Crippen molar-refractivity contribution in [1.29, 1.82) is 0 Å².